The molecule has 0 aliphatic rings. The predicted octanol–water partition coefficient (Wildman–Crippen LogP) is 2.28. The van der Waals surface area contributed by atoms with Gasteiger partial charge in [0.2, 0.25) is 15.9 Å². The molecule has 0 heterocycles. The molecule has 0 aliphatic carbocycles. The Morgan fingerprint density at radius 3 is 2.00 bits per heavy atom. The Morgan fingerprint density at radius 2 is 1.52 bits per heavy atom. The maximum absolute atomic E-state index is 11.9. The molecule has 0 aliphatic heterocycles. The summed E-state index contributed by atoms with van der Waals surface area (Å²) in [5.41, 5.74) is -0.114. The molecule has 0 saturated carbocycles. The third-order valence-electron chi connectivity index (χ3n) is 3.53. The molecule has 0 radical (unpaired) electrons. The monoisotopic (exact) mass is 320 g/mol. The van der Waals surface area contributed by atoms with Gasteiger partial charge in [0.1, 0.15) is 0 Å². The van der Waals surface area contributed by atoms with Gasteiger partial charge in [-0.2, -0.15) is 0 Å². The van der Waals surface area contributed by atoms with E-state index in [1.165, 1.54) is 0 Å². The maximum Gasteiger partial charge on any atom is 0.220 e. The Kier molecular flexibility index (Phi) is 7.89. The van der Waals surface area contributed by atoms with Crippen LogP contribution >= 0.6 is 0 Å². The number of carbonyl (C=O) groups is 1. The van der Waals surface area contributed by atoms with Crippen molar-refractivity contribution in [3.63, 3.8) is 0 Å². The molecule has 0 aromatic rings. The van der Waals surface area contributed by atoms with Gasteiger partial charge in [-0.15, -0.1) is 0 Å². The molecule has 126 valence electrons. The third kappa shape index (κ3) is 11.7. The lowest BCUT2D eigenvalue weighted by atomic mass is 9.87. The van der Waals surface area contributed by atoms with Gasteiger partial charge in [-0.05, 0) is 23.7 Å². The molecule has 0 rings (SSSR count). The van der Waals surface area contributed by atoms with E-state index in [9.17, 15) is 13.2 Å². The fourth-order valence-electron chi connectivity index (χ4n) is 2.06. The van der Waals surface area contributed by atoms with Crippen molar-refractivity contribution >= 4 is 15.9 Å². The van der Waals surface area contributed by atoms with E-state index in [0.29, 0.717) is 25.9 Å². The minimum absolute atomic E-state index is 0.0339. The first-order valence-electron chi connectivity index (χ1n) is 7.58. The second kappa shape index (κ2) is 8.13. The van der Waals surface area contributed by atoms with E-state index < -0.39 is 10.0 Å². The topological polar surface area (TPSA) is 75.3 Å². The van der Waals surface area contributed by atoms with E-state index in [4.69, 9.17) is 0 Å². The molecule has 0 spiro atoms. The largest absolute Gasteiger partial charge is 0.356 e. The highest BCUT2D eigenvalue weighted by atomic mass is 32.2. The first-order chi connectivity index (χ1) is 9.37. The lowest BCUT2D eigenvalue weighted by molar-refractivity contribution is -0.122. The molecule has 5 nitrogen and oxygen atoms in total. The molecule has 0 atom stereocenters. The minimum atomic E-state index is -3.18. The molecule has 1 amide bonds. The molecule has 0 bridgehead atoms. The van der Waals surface area contributed by atoms with Crippen LogP contribution in [0.3, 0.4) is 0 Å². The molecule has 21 heavy (non-hydrogen) atoms. The van der Waals surface area contributed by atoms with Crippen LogP contribution in [-0.2, 0) is 14.8 Å². The van der Waals surface area contributed by atoms with Crippen LogP contribution in [0.1, 0.15) is 60.3 Å². The highest BCUT2D eigenvalue weighted by Gasteiger charge is 2.22. The van der Waals surface area contributed by atoms with Crippen molar-refractivity contribution in [1.82, 2.24) is 10.0 Å². The Balaban J connectivity index is 4.12. The second-order valence-corrected chi connectivity index (χ2v) is 9.28. The van der Waals surface area contributed by atoms with Crippen LogP contribution in [0, 0.1) is 10.8 Å². The van der Waals surface area contributed by atoms with Crippen molar-refractivity contribution < 1.29 is 13.2 Å². The summed E-state index contributed by atoms with van der Waals surface area (Å²) in [6, 6.07) is 0. The molecule has 0 aromatic heterocycles. The first kappa shape index (κ1) is 20.4. The first-order valence-corrected chi connectivity index (χ1v) is 9.47. The third-order valence-corrected chi connectivity index (χ3v) is 4.20. The van der Waals surface area contributed by atoms with E-state index in [2.05, 4.69) is 30.8 Å². The number of carbonyl (C=O) groups excluding carboxylic acids is 1. The number of amides is 1. The van der Waals surface area contributed by atoms with Crippen molar-refractivity contribution in [3.05, 3.63) is 0 Å². The van der Waals surface area contributed by atoms with Crippen LogP contribution in [0.15, 0.2) is 0 Å². The minimum Gasteiger partial charge on any atom is -0.356 e. The number of hydrogen-bond acceptors (Lipinski definition) is 3. The molecule has 6 heteroatoms. The second-order valence-electron chi connectivity index (χ2n) is 7.45. The standard InChI is InChI=1S/C15H32N2O3S/c1-7-9-14(2,3)11-16-13(18)8-10-15(4,5)12-17-21(6,19)20/h17H,7-12H2,1-6H3,(H,16,18). The molecule has 0 aromatic carbocycles. The van der Waals surface area contributed by atoms with E-state index in [1.807, 2.05) is 13.8 Å². The van der Waals surface area contributed by atoms with Gasteiger partial charge in [-0.1, -0.05) is 41.0 Å². The molecule has 0 fully saturated rings. The molecular formula is C15H32N2O3S. The summed E-state index contributed by atoms with van der Waals surface area (Å²) in [4.78, 5) is 11.9. The van der Waals surface area contributed by atoms with Crippen LogP contribution in [0.25, 0.3) is 0 Å². The lowest BCUT2D eigenvalue weighted by Gasteiger charge is -2.26. The van der Waals surface area contributed by atoms with Gasteiger partial charge in [0, 0.05) is 19.5 Å². The highest BCUT2D eigenvalue weighted by molar-refractivity contribution is 7.88. The Morgan fingerprint density at radius 1 is 1.00 bits per heavy atom. The van der Waals surface area contributed by atoms with E-state index in [-0.39, 0.29) is 16.7 Å². The van der Waals surface area contributed by atoms with Crippen LogP contribution in [0.4, 0.5) is 0 Å². The molecule has 0 saturated heterocycles. The normalized spacial score (nSPS) is 13.2. The van der Waals surface area contributed by atoms with Gasteiger partial charge in [0.05, 0.1) is 6.26 Å². The molecule has 2 N–H and O–H groups in total. The average Bonchev–Trinajstić information content (AvgIpc) is 2.31. The van der Waals surface area contributed by atoms with Gasteiger partial charge < -0.3 is 5.32 Å². The number of hydrogen-bond donors (Lipinski definition) is 2. The van der Waals surface area contributed by atoms with E-state index in [1.54, 1.807) is 0 Å². The van der Waals surface area contributed by atoms with Crippen molar-refractivity contribution in [1.29, 1.82) is 0 Å². The lowest BCUT2D eigenvalue weighted by Crippen LogP contribution is -2.36. The molecular weight excluding hydrogens is 288 g/mol. The van der Waals surface area contributed by atoms with Crippen LogP contribution in [0.5, 0.6) is 0 Å². The zero-order valence-corrected chi connectivity index (χ0v) is 15.2. The maximum atomic E-state index is 11.9. The van der Waals surface area contributed by atoms with Gasteiger partial charge in [-0.3, -0.25) is 4.79 Å². The predicted molar refractivity (Wildman–Crippen MR) is 87.6 cm³/mol. The summed E-state index contributed by atoms with van der Waals surface area (Å²) >= 11 is 0. The van der Waals surface area contributed by atoms with Gasteiger partial charge in [0.15, 0.2) is 0 Å². The fourth-order valence-corrected chi connectivity index (χ4v) is 2.71. The quantitative estimate of drug-likeness (QED) is 0.648. The summed E-state index contributed by atoms with van der Waals surface area (Å²) in [7, 11) is -3.18. The van der Waals surface area contributed by atoms with E-state index in [0.717, 1.165) is 19.1 Å². The van der Waals surface area contributed by atoms with Gasteiger partial charge in [-0.25, -0.2) is 13.1 Å². The van der Waals surface area contributed by atoms with Crippen LogP contribution < -0.4 is 10.0 Å². The Labute approximate surface area is 130 Å². The summed E-state index contributed by atoms with van der Waals surface area (Å²) in [5.74, 6) is 0.0339. The highest BCUT2D eigenvalue weighted by Crippen LogP contribution is 2.23. The number of sulfonamides is 1. The Hall–Kier alpha value is -0.620. The fraction of sp³-hybridized carbons (Fsp3) is 0.933. The number of nitrogens with one attached hydrogen (secondary N) is 2. The van der Waals surface area contributed by atoms with Crippen LogP contribution in [-0.4, -0.2) is 33.7 Å². The van der Waals surface area contributed by atoms with Crippen molar-refractivity contribution in [2.75, 3.05) is 19.3 Å². The molecule has 0 unspecified atom stereocenters. The number of rotatable bonds is 10. The SMILES string of the molecule is CCCC(C)(C)CNC(=O)CCC(C)(C)CNS(C)(=O)=O. The zero-order chi connectivity index (χ0) is 16.7. The summed E-state index contributed by atoms with van der Waals surface area (Å²) in [6.07, 6.45) is 4.39. The van der Waals surface area contributed by atoms with Crippen LogP contribution in [0.2, 0.25) is 0 Å². The zero-order valence-electron chi connectivity index (χ0n) is 14.4. The van der Waals surface area contributed by atoms with Crippen molar-refractivity contribution in [2.24, 2.45) is 10.8 Å². The van der Waals surface area contributed by atoms with Crippen molar-refractivity contribution in [2.45, 2.75) is 60.3 Å². The summed E-state index contributed by atoms with van der Waals surface area (Å²) in [5, 5.41) is 2.98. The van der Waals surface area contributed by atoms with Gasteiger partial charge >= 0.3 is 0 Å². The van der Waals surface area contributed by atoms with Gasteiger partial charge in [0.25, 0.3) is 0 Å². The average molecular weight is 320 g/mol. The van der Waals surface area contributed by atoms with Crippen molar-refractivity contribution in [3.8, 4) is 0 Å². The van der Waals surface area contributed by atoms with E-state index >= 15 is 0 Å². The summed E-state index contributed by atoms with van der Waals surface area (Å²) < 4.78 is 24.7. The Bertz CT molecular complexity index is 428. The smallest absolute Gasteiger partial charge is 0.220 e. The summed E-state index contributed by atoms with van der Waals surface area (Å²) in [6.45, 7) is 11.4.